The molecule has 2 aromatic rings. The minimum Gasteiger partial charge on any atom is -0.497 e. The summed E-state index contributed by atoms with van der Waals surface area (Å²) in [5.74, 6) is 3.13. The minimum absolute atomic E-state index is 0.483. The monoisotopic (exact) mass is 386 g/mol. The van der Waals surface area contributed by atoms with Crippen LogP contribution in [0.1, 0.15) is 18.4 Å². The van der Waals surface area contributed by atoms with Crippen LogP contribution in [0.15, 0.2) is 36.4 Å². The molecule has 1 N–H and O–H groups in total. The first-order valence-corrected chi connectivity index (χ1v) is 9.58. The first kappa shape index (κ1) is 20.1. The number of nitrogens with one attached hydrogen (secondary N) is 1. The third-order valence-corrected chi connectivity index (χ3v) is 5.23. The van der Waals surface area contributed by atoms with Crippen LogP contribution in [0.25, 0.3) is 0 Å². The fraction of sp³-hybridized carbons (Fsp3) is 0.455. The maximum Gasteiger partial charge on any atom is 0.164 e. The van der Waals surface area contributed by atoms with Gasteiger partial charge in [0, 0.05) is 43.0 Å². The first-order chi connectivity index (χ1) is 13.7. The van der Waals surface area contributed by atoms with E-state index in [0.717, 1.165) is 61.0 Å². The van der Waals surface area contributed by atoms with E-state index in [4.69, 9.17) is 18.9 Å². The predicted octanol–water partition coefficient (Wildman–Crippen LogP) is 3.80. The summed E-state index contributed by atoms with van der Waals surface area (Å²) in [5, 5.41) is 3.63. The van der Waals surface area contributed by atoms with Crippen molar-refractivity contribution in [1.29, 1.82) is 0 Å². The van der Waals surface area contributed by atoms with E-state index in [-0.39, 0.29) is 0 Å². The molecule has 2 aromatic carbocycles. The van der Waals surface area contributed by atoms with E-state index in [0.29, 0.717) is 11.8 Å². The van der Waals surface area contributed by atoms with Crippen LogP contribution in [-0.4, -0.2) is 52.5 Å². The highest BCUT2D eigenvalue weighted by Gasteiger charge is 2.21. The molecule has 152 valence electrons. The SMILES string of the molecule is COc1ccc(NC2CCN(Cc3cc(OC)c(OC)cc3OC)CC2)cc1. The topological polar surface area (TPSA) is 52.2 Å². The maximum absolute atomic E-state index is 5.56. The number of piperidine rings is 1. The van der Waals surface area contributed by atoms with Crippen LogP contribution in [0.4, 0.5) is 5.69 Å². The molecule has 6 nitrogen and oxygen atoms in total. The van der Waals surface area contributed by atoms with E-state index in [1.165, 1.54) is 0 Å². The fourth-order valence-corrected chi connectivity index (χ4v) is 3.62. The Kier molecular flexibility index (Phi) is 6.87. The van der Waals surface area contributed by atoms with Crippen LogP contribution in [0, 0.1) is 0 Å². The molecular formula is C22H30N2O4. The van der Waals surface area contributed by atoms with Crippen molar-refractivity contribution >= 4 is 5.69 Å². The number of methoxy groups -OCH3 is 4. The van der Waals surface area contributed by atoms with Gasteiger partial charge in [-0.2, -0.15) is 0 Å². The summed E-state index contributed by atoms with van der Waals surface area (Å²) in [6, 6.07) is 12.5. The molecule has 1 fully saturated rings. The Morgan fingerprint density at radius 1 is 0.821 bits per heavy atom. The number of anilines is 1. The fourth-order valence-electron chi connectivity index (χ4n) is 3.62. The molecule has 1 heterocycles. The second kappa shape index (κ2) is 9.55. The lowest BCUT2D eigenvalue weighted by Gasteiger charge is -2.33. The Labute approximate surface area is 167 Å². The number of hydrogen-bond acceptors (Lipinski definition) is 6. The molecule has 28 heavy (non-hydrogen) atoms. The molecule has 0 radical (unpaired) electrons. The average molecular weight is 386 g/mol. The van der Waals surface area contributed by atoms with Gasteiger partial charge in [-0.05, 0) is 43.2 Å². The molecule has 0 aromatic heterocycles. The van der Waals surface area contributed by atoms with Gasteiger partial charge in [-0.25, -0.2) is 0 Å². The molecule has 0 amide bonds. The van der Waals surface area contributed by atoms with Crippen molar-refractivity contribution in [1.82, 2.24) is 4.90 Å². The first-order valence-electron chi connectivity index (χ1n) is 9.58. The second-order valence-electron chi connectivity index (χ2n) is 6.94. The zero-order chi connectivity index (χ0) is 19.9. The number of hydrogen-bond donors (Lipinski definition) is 1. The molecule has 0 atom stereocenters. The van der Waals surface area contributed by atoms with Crippen molar-refractivity contribution in [2.75, 3.05) is 46.8 Å². The largest absolute Gasteiger partial charge is 0.497 e. The van der Waals surface area contributed by atoms with Gasteiger partial charge in [0.25, 0.3) is 0 Å². The predicted molar refractivity (Wildman–Crippen MR) is 111 cm³/mol. The number of ether oxygens (including phenoxy) is 4. The number of benzene rings is 2. The average Bonchev–Trinajstić information content (AvgIpc) is 2.75. The maximum atomic E-state index is 5.56. The zero-order valence-corrected chi connectivity index (χ0v) is 17.2. The van der Waals surface area contributed by atoms with Gasteiger partial charge in [0.2, 0.25) is 0 Å². The van der Waals surface area contributed by atoms with E-state index < -0.39 is 0 Å². The molecule has 0 unspecified atom stereocenters. The number of nitrogens with zero attached hydrogens (tertiary/aromatic N) is 1. The van der Waals surface area contributed by atoms with Crippen molar-refractivity contribution in [3.8, 4) is 23.0 Å². The third-order valence-electron chi connectivity index (χ3n) is 5.23. The van der Waals surface area contributed by atoms with Gasteiger partial charge in [-0.3, -0.25) is 4.90 Å². The van der Waals surface area contributed by atoms with Gasteiger partial charge < -0.3 is 24.3 Å². The van der Waals surface area contributed by atoms with E-state index in [2.05, 4.69) is 22.3 Å². The molecular weight excluding hydrogens is 356 g/mol. The summed E-state index contributed by atoms with van der Waals surface area (Å²) in [4.78, 5) is 2.45. The number of rotatable bonds is 8. The highest BCUT2D eigenvalue weighted by Crippen LogP contribution is 2.35. The summed E-state index contributed by atoms with van der Waals surface area (Å²) in [6.45, 7) is 2.90. The van der Waals surface area contributed by atoms with Gasteiger partial charge >= 0.3 is 0 Å². The molecule has 0 bridgehead atoms. The normalized spacial score (nSPS) is 15.1. The standard InChI is InChI=1S/C22H30N2O4/c1-25-19-7-5-17(6-8-19)23-18-9-11-24(12-10-18)15-16-13-21(27-3)22(28-4)14-20(16)26-2/h5-8,13-14,18,23H,9-12,15H2,1-4H3. The van der Waals surface area contributed by atoms with Crippen molar-refractivity contribution in [2.24, 2.45) is 0 Å². The van der Waals surface area contributed by atoms with Gasteiger partial charge in [0.15, 0.2) is 11.5 Å². The van der Waals surface area contributed by atoms with Crippen LogP contribution in [-0.2, 0) is 6.54 Å². The lowest BCUT2D eigenvalue weighted by atomic mass is 10.0. The summed E-state index contributed by atoms with van der Waals surface area (Å²) >= 11 is 0. The smallest absolute Gasteiger partial charge is 0.164 e. The molecule has 6 heteroatoms. The van der Waals surface area contributed by atoms with Crippen molar-refractivity contribution < 1.29 is 18.9 Å². The van der Waals surface area contributed by atoms with Crippen LogP contribution in [0.5, 0.6) is 23.0 Å². The van der Waals surface area contributed by atoms with E-state index >= 15 is 0 Å². The van der Waals surface area contributed by atoms with E-state index in [9.17, 15) is 0 Å². The zero-order valence-electron chi connectivity index (χ0n) is 17.2. The molecule has 0 spiro atoms. The summed E-state index contributed by atoms with van der Waals surface area (Å²) in [6.07, 6.45) is 2.20. The Morgan fingerprint density at radius 3 is 2.00 bits per heavy atom. The van der Waals surface area contributed by atoms with Gasteiger partial charge in [-0.1, -0.05) is 0 Å². The van der Waals surface area contributed by atoms with E-state index in [1.54, 1.807) is 28.4 Å². The molecule has 0 saturated carbocycles. The quantitative estimate of drug-likeness (QED) is 0.745. The molecule has 1 aliphatic heterocycles. The van der Waals surface area contributed by atoms with E-state index in [1.807, 2.05) is 24.3 Å². The highest BCUT2D eigenvalue weighted by molar-refractivity contribution is 5.51. The summed E-state index contributed by atoms with van der Waals surface area (Å²) < 4.78 is 21.6. The van der Waals surface area contributed by atoms with Gasteiger partial charge in [-0.15, -0.1) is 0 Å². The Hall–Kier alpha value is -2.60. The summed E-state index contributed by atoms with van der Waals surface area (Å²) in [7, 11) is 6.67. The van der Waals surface area contributed by atoms with Gasteiger partial charge in [0.05, 0.1) is 28.4 Å². The lowest BCUT2D eigenvalue weighted by Crippen LogP contribution is -2.38. The Balaban J connectivity index is 1.57. The van der Waals surface area contributed by atoms with Gasteiger partial charge in [0.1, 0.15) is 11.5 Å². The molecule has 3 rings (SSSR count). The summed E-state index contributed by atoms with van der Waals surface area (Å²) in [5.41, 5.74) is 2.25. The molecule has 1 aliphatic rings. The van der Waals surface area contributed by atoms with Crippen LogP contribution in [0.3, 0.4) is 0 Å². The van der Waals surface area contributed by atoms with Crippen molar-refractivity contribution in [3.63, 3.8) is 0 Å². The third kappa shape index (κ3) is 4.81. The van der Waals surface area contributed by atoms with Crippen molar-refractivity contribution in [2.45, 2.75) is 25.4 Å². The molecule has 0 aliphatic carbocycles. The minimum atomic E-state index is 0.483. The van der Waals surface area contributed by atoms with Crippen LogP contribution < -0.4 is 24.3 Å². The lowest BCUT2D eigenvalue weighted by molar-refractivity contribution is 0.208. The Bertz CT molecular complexity index is 756. The van der Waals surface area contributed by atoms with Crippen molar-refractivity contribution in [3.05, 3.63) is 42.0 Å². The van der Waals surface area contributed by atoms with Crippen LogP contribution >= 0.6 is 0 Å². The molecule has 1 saturated heterocycles. The number of likely N-dealkylation sites (tertiary alicyclic amines) is 1. The second-order valence-corrected chi connectivity index (χ2v) is 6.94. The van der Waals surface area contributed by atoms with Crippen LogP contribution in [0.2, 0.25) is 0 Å². The Morgan fingerprint density at radius 2 is 1.43 bits per heavy atom. The highest BCUT2D eigenvalue weighted by atomic mass is 16.5.